The molecule has 1 unspecified atom stereocenters. The Balaban J connectivity index is 2.38. The van der Waals surface area contributed by atoms with Gasteiger partial charge in [-0.25, -0.2) is 0 Å². The lowest BCUT2D eigenvalue weighted by atomic mass is 10.1. The van der Waals surface area contributed by atoms with E-state index in [-0.39, 0.29) is 0 Å². The van der Waals surface area contributed by atoms with Gasteiger partial charge in [-0.3, -0.25) is 9.97 Å². The van der Waals surface area contributed by atoms with Crippen molar-refractivity contribution in [1.29, 1.82) is 0 Å². The average molecular weight is 308 g/mol. The normalized spacial score (nSPS) is 12.7. The van der Waals surface area contributed by atoms with E-state index in [9.17, 15) is 0 Å². The Morgan fingerprint density at radius 3 is 2.89 bits per heavy atom. The van der Waals surface area contributed by atoms with Gasteiger partial charge in [0.1, 0.15) is 5.52 Å². The van der Waals surface area contributed by atoms with Crippen molar-refractivity contribution in [2.45, 2.75) is 20.3 Å². The first-order valence-corrected chi connectivity index (χ1v) is 7.02. The summed E-state index contributed by atoms with van der Waals surface area (Å²) in [5.41, 5.74) is 3.04. The van der Waals surface area contributed by atoms with E-state index >= 15 is 0 Å². The van der Waals surface area contributed by atoms with Gasteiger partial charge in [-0.05, 0) is 34.0 Å². The van der Waals surface area contributed by atoms with Gasteiger partial charge in [-0.2, -0.15) is 0 Å². The minimum Gasteiger partial charge on any atom is -0.372 e. The Hall–Kier alpha value is -1.16. The molecule has 2 rings (SSSR count). The molecule has 96 valence electrons. The van der Waals surface area contributed by atoms with Gasteiger partial charge in [0, 0.05) is 30.5 Å². The molecule has 18 heavy (non-hydrogen) atoms. The number of pyridine rings is 2. The number of rotatable bonds is 4. The number of nitrogens with zero attached hydrogens (tertiary/aromatic N) is 3. The lowest BCUT2D eigenvalue weighted by Gasteiger charge is -2.23. The third-order valence-electron chi connectivity index (χ3n) is 3.22. The Bertz CT molecular complexity index is 542. The molecule has 2 aromatic heterocycles. The summed E-state index contributed by atoms with van der Waals surface area (Å²) >= 11 is 3.43. The Kier molecular flexibility index (Phi) is 4.17. The highest BCUT2D eigenvalue weighted by atomic mass is 79.9. The highest BCUT2D eigenvalue weighted by molar-refractivity contribution is 9.10. The largest absolute Gasteiger partial charge is 0.372 e. The average Bonchev–Trinajstić information content (AvgIpc) is 2.37. The zero-order valence-corrected chi connectivity index (χ0v) is 12.6. The predicted octanol–water partition coefficient (Wildman–Crippen LogP) is 3.87. The van der Waals surface area contributed by atoms with Crippen LogP contribution in [0, 0.1) is 5.92 Å². The van der Waals surface area contributed by atoms with E-state index < -0.39 is 0 Å². The lowest BCUT2D eigenvalue weighted by molar-refractivity contribution is 0.560. The first kappa shape index (κ1) is 13.3. The van der Waals surface area contributed by atoms with Gasteiger partial charge >= 0.3 is 0 Å². The maximum absolute atomic E-state index is 4.48. The summed E-state index contributed by atoms with van der Waals surface area (Å²) in [4.78, 5) is 11.1. The molecule has 0 fully saturated rings. The van der Waals surface area contributed by atoms with Gasteiger partial charge < -0.3 is 4.90 Å². The van der Waals surface area contributed by atoms with Crippen LogP contribution in [0.2, 0.25) is 0 Å². The Morgan fingerprint density at radius 1 is 1.39 bits per heavy atom. The monoisotopic (exact) mass is 307 g/mol. The van der Waals surface area contributed by atoms with E-state index in [2.05, 4.69) is 51.7 Å². The van der Waals surface area contributed by atoms with Gasteiger partial charge in [0.15, 0.2) is 0 Å². The fourth-order valence-corrected chi connectivity index (χ4v) is 2.31. The van der Waals surface area contributed by atoms with Crippen LogP contribution in [0.1, 0.15) is 20.3 Å². The SMILES string of the molecule is CCC(C)CN(C)c1ccnc2cc(Br)cnc12. The third-order valence-corrected chi connectivity index (χ3v) is 3.65. The maximum atomic E-state index is 4.48. The van der Waals surface area contributed by atoms with Crippen molar-refractivity contribution in [3.8, 4) is 0 Å². The standard InChI is InChI=1S/C14H18BrN3/c1-4-10(2)9-18(3)13-5-6-16-12-7-11(15)8-17-14(12)13/h5-8,10H,4,9H2,1-3H3. The summed E-state index contributed by atoms with van der Waals surface area (Å²) in [6.45, 7) is 5.52. The Labute approximate surface area is 116 Å². The van der Waals surface area contributed by atoms with Gasteiger partial charge in [-0.1, -0.05) is 20.3 Å². The van der Waals surface area contributed by atoms with E-state index in [1.807, 2.05) is 24.5 Å². The van der Waals surface area contributed by atoms with Crippen molar-refractivity contribution < 1.29 is 0 Å². The molecule has 3 nitrogen and oxygen atoms in total. The van der Waals surface area contributed by atoms with Crippen LogP contribution in [0.5, 0.6) is 0 Å². The first-order valence-electron chi connectivity index (χ1n) is 6.23. The molecule has 0 bridgehead atoms. The quantitative estimate of drug-likeness (QED) is 0.858. The number of halogens is 1. The molecule has 0 saturated carbocycles. The van der Waals surface area contributed by atoms with E-state index in [1.165, 1.54) is 6.42 Å². The summed E-state index contributed by atoms with van der Waals surface area (Å²) in [7, 11) is 2.12. The summed E-state index contributed by atoms with van der Waals surface area (Å²) in [5.74, 6) is 0.675. The number of anilines is 1. The zero-order valence-electron chi connectivity index (χ0n) is 11.0. The molecule has 0 aliphatic carbocycles. The molecule has 2 aromatic rings. The van der Waals surface area contributed by atoms with Crippen LogP contribution in [0.3, 0.4) is 0 Å². The van der Waals surface area contributed by atoms with Crippen molar-refractivity contribution in [1.82, 2.24) is 9.97 Å². The van der Waals surface area contributed by atoms with E-state index in [4.69, 9.17) is 0 Å². The molecule has 0 N–H and O–H groups in total. The van der Waals surface area contributed by atoms with Crippen molar-refractivity contribution in [3.05, 3.63) is 29.0 Å². The maximum Gasteiger partial charge on any atom is 0.112 e. The molecule has 1 atom stereocenters. The summed E-state index contributed by atoms with van der Waals surface area (Å²) < 4.78 is 0.962. The van der Waals surface area contributed by atoms with Crippen LogP contribution in [-0.4, -0.2) is 23.6 Å². The number of aromatic nitrogens is 2. The zero-order chi connectivity index (χ0) is 13.1. The highest BCUT2D eigenvalue weighted by Crippen LogP contribution is 2.25. The molecule has 0 aliphatic rings. The lowest BCUT2D eigenvalue weighted by Crippen LogP contribution is -2.24. The third kappa shape index (κ3) is 2.80. The highest BCUT2D eigenvalue weighted by Gasteiger charge is 2.10. The van der Waals surface area contributed by atoms with Gasteiger partial charge in [0.25, 0.3) is 0 Å². The number of fused-ring (bicyclic) bond motifs is 1. The van der Waals surface area contributed by atoms with Crippen molar-refractivity contribution in [2.24, 2.45) is 5.92 Å². The molecular weight excluding hydrogens is 290 g/mol. The van der Waals surface area contributed by atoms with Gasteiger partial charge in [0.05, 0.1) is 11.2 Å². The van der Waals surface area contributed by atoms with Crippen molar-refractivity contribution in [3.63, 3.8) is 0 Å². The fourth-order valence-electron chi connectivity index (χ4n) is 1.99. The molecule has 0 spiro atoms. The number of hydrogen-bond donors (Lipinski definition) is 0. The van der Waals surface area contributed by atoms with Crippen LogP contribution in [0.15, 0.2) is 29.0 Å². The minimum absolute atomic E-state index is 0.675. The van der Waals surface area contributed by atoms with Gasteiger partial charge in [0.2, 0.25) is 0 Å². The van der Waals surface area contributed by atoms with Crippen LogP contribution in [-0.2, 0) is 0 Å². The first-order chi connectivity index (χ1) is 8.61. The van der Waals surface area contributed by atoms with E-state index in [0.29, 0.717) is 5.92 Å². The molecule has 0 aliphatic heterocycles. The van der Waals surface area contributed by atoms with Crippen LogP contribution in [0.25, 0.3) is 11.0 Å². The van der Waals surface area contributed by atoms with Crippen LogP contribution < -0.4 is 4.90 Å². The summed E-state index contributed by atoms with van der Waals surface area (Å²) in [5, 5.41) is 0. The number of hydrogen-bond acceptors (Lipinski definition) is 3. The van der Waals surface area contributed by atoms with Crippen molar-refractivity contribution >= 4 is 32.7 Å². The van der Waals surface area contributed by atoms with Crippen LogP contribution in [0.4, 0.5) is 5.69 Å². The molecule has 4 heteroatoms. The Morgan fingerprint density at radius 2 is 2.17 bits per heavy atom. The molecule has 0 saturated heterocycles. The topological polar surface area (TPSA) is 29.0 Å². The second-order valence-electron chi connectivity index (χ2n) is 4.75. The summed E-state index contributed by atoms with van der Waals surface area (Å²) in [6, 6.07) is 4.04. The fraction of sp³-hybridized carbons (Fsp3) is 0.429. The summed E-state index contributed by atoms with van der Waals surface area (Å²) in [6.07, 6.45) is 4.86. The molecule has 0 radical (unpaired) electrons. The predicted molar refractivity (Wildman–Crippen MR) is 80.0 cm³/mol. The second kappa shape index (κ2) is 5.65. The van der Waals surface area contributed by atoms with E-state index in [1.54, 1.807) is 0 Å². The molecule has 0 amide bonds. The molecular formula is C14H18BrN3. The van der Waals surface area contributed by atoms with E-state index in [0.717, 1.165) is 27.7 Å². The molecule has 2 heterocycles. The van der Waals surface area contributed by atoms with Gasteiger partial charge in [-0.15, -0.1) is 0 Å². The second-order valence-corrected chi connectivity index (χ2v) is 5.66. The molecule has 0 aromatic carbocycles. The smallest absolute Gasteiger partial charge is 0.112 e. The van der Waals surface area contributed by atoms with Crippen LogP contribution >= 0.6 is 15.9 Å². The minimum atomic E-state index is 0.675. The van der Waals surface area contributed by atoms with Crippen molar-refractivity contribution in [2.75, 3.05) is 18.5 Å².